The number of halogens is 1. The number of amides is 3. The second kappa shape index (κ2) is 18.1. The molecular formula is C46H55ClN8O6. The molecule has 5 N–H and O–H groups in total. The second-order valence-corrected chi connectivity index (χ2v) is 17.0. The van der Waals surface area contributed by atoms with Crippen LogP contribution in [0.5, 0.6) is 0 Å². The van der Waals surface area contributed by atoms with E-state index in [1.54, 1.807) is 6.92 Å². The maximum absolute atomic E-state index is 13.8. The highest BCUT2D eigenvalue weighted by Crippen LogP contribution is 2.40. The number of imidazole rings is 2. The number of hydrogen-bond acceptors (Lipinski definition) is 9. The van der Waals surface area contributed by atoms with Crippen molar-refractivity contribution in [1.82, 2.24) is 40.4 Å². The van der Waals surface area contributed by atoms with Gasteiger partial charge in [0.15, 0.2) is 5.15 Å². The molecule has 61 heavy (non-hydrogen) atoms. The number of rotatable bonds is 12. The van der Waals surface area contributed by atoms with Gasteiger partial charge in [-0.2, -0.15) is 0 Å². The van der Waals surface area contributed by atoms with Gasteiger partial charge in [0.05, 0.1) is 49.9 Å². The lowest BCUT2D eigenvalue weighted by Gasteiger charge is -2.37. The zero-order valence-electron chi connectivity index (χ0n) is 35.7. The number of likely N-dealkylation sites (tertiary alicyclic amines) is 2. The van der Waals surface area contributed by atoms with E-state index < -0.39 is 30.5 Å². The lowest BCUT2D eigenvalue weighted by molar-refractivity contribution is -0.137. The van der Waals surface area contributed by atoms with E-state index in [-0.39, 0.29) is 36.0 Å². The average Bonchev–Trinajstić information content (AvgIpc) is 4.06. The molecule has 3 aromatic carbocycles. The quantitative estimate of drug-likeness (QED) is 0.0770. The number of aliphatic hydroxyl groups excluding tert-OH is 1. The van der Waals surface area contributed by atoms with E-state index in [0.717, 1.165) is 70.2 Å². The molecule has 1 unspecified atom stereocenters. The Morgan fingerprint density at radius 3 is 2.02 bits per heavy atom. The molecule has 14 nitrogen and oxygen atoms in total. The summed E-state index contributed by atoms with van der Waals surface area (Å²) in [5.41, 5.74) is 6.10. The van der Waals surface area contributed by atoms with Gasteiger partial charge in [-0.1, -0.05) is 86.1 Å². The summed E-state index contributed by atoms with van der Waals surface area (Å²) < 4.78 is 9.58. The van der Waals surface area contributed by atoms with Gasteiger partial charge < -0.3 is 40.1 Å². The van der Waals surface area contributed by atoms with Crippen molar-refractivity contribution >= 4 is 40.5 Å². The van der Waals surface area contributed by atoms with Gasteiger partial charge in [-0.3, -0.25) is 9.69 Å². The number of aliphatic hydroxyl groups is 1. The molecule has 7 rings (SSSR count). The number of methoxy groups -OCH3 is 2. The highest BCUT2D eigenvalue weighted by atomic mass is 35.5. The highest BCUT2D eigenvalue weighted by Gasteiger charge is 2.43. The Morgan fingerprint density at radius 2 is 1.38 bits per heavy atom. The van der Waals surface area contributed by atoms with E-state index in [2.05, 4.69) is 75.7 Å². The number of aromatic amines is 2. The molecule has 4 heterocycles. The van der Waals surface area contributed by atoms with Crippen molar-refractivity contribution in [1.29, 1.82) is 0 Å². The number of benzene rings is 3. The Labute approximate surface area is 361 Å². The number of nitrogens with zero attached hydrogens (tertiary/aromatic N) is 4. The zero-order chi connectivity index (χ0) is 43.7. The summed E-state index contributed by atoms with van der Waals surface area (Å²) in [7, 11) is 2.57. The first kappa shape index (κ1) is 43.4. The summed E-state index contributed by atoms with van der Waals surface area (Å²) in [6.07, 6.45) is 2.64. The minimum atomic E-state index is -1.06. The molecule has 3 amide bonds. The Balaban J connectivity index is 1.06. The summed E-state index contributed by atoms with van der Waals surface area (Å²) in [5.74, 6) is 1.09. The second-order valence-electron chi connectivity index (χ2n) is 16.6. The van der Waals surface area contributed by atoms with Crippen molar-refractivity contribution in [2.45, 2.75) is 103 Å². The molecule has 2 aliphatic heterocycles. The number of ether oxygens (including phenoxy) is 2. The van der Waals surface area contributed by atoms with Crippen molar-refractivity contribution in [3.8, 4) is 33.6 Å². The molecule has 0 radical (unpaired) electrons. The first-order valence-corrected chi connectivity index (χ1v) is 21.1. The normalized spacial score (nSPS) is 20.7. The standard InChI is InChI=1S/C46H55ClN8O6/c1-24(2)37(51-45(58)60-7)43(56)54-26(5)9-19-35(54)41-48-23-34(49-41)33-18-17-31-21-30(15-16-32(31)22-33)28-11-13-29(14-12-28)39-40(47)53-42(50-39)36-20-10-27(6)55(36)44(57)38(25(3)4)52-46(59)61-8/h11-18,21-24,26-27,35-38,44,57H,3,9-10,19-20H2,1-2,4-8H3,(H,48,49)(H,50,53)(H,51,58)(H,52,59)/t26-,27-,35-,36-,37-,38-,44?/m0/s1. The van der Waals surface area contributed by atoms with Gasteiger partial charge in [0.25, 0.3) is 0 Å². The Hall–Kier alpha value is -5.70. The van der Waals surface area contributed by atoms with Crippen LogP contribution in [0.3, 0.4) is 0 Å². The third-order valence-electron chi connectivity index (χ3n) is 12.2. The van der Waals surface area contributed by atoms with Crippen LogP contribution in [-0.2, 0) is 14.3 Å². The van der Waals surface area contributed by atoms with Gasteiger partial charge in [-0.05, 0) is 86.4 Å². The van der Waals surface area contributed by atoms with E-state index in [1.165, 1.54) is 14.2 Å². The minimum absolute atomic E-state index is 0.00660. The van der Waals surface area contributed by atoms with Crippen LogP contribution in [0.25, 0.3) is 44.4 Å². The maximum atomic E-state index is 13.8. The molecule has 2 saturated heterocycles. The van der Waals surface area contributed by atoms with E-state index in [9.17, 15) is 19.5 Å². The molecule has 0 spiro atoms. The van der Waals surface area contributed by atoms with Crippen molar-refractivity contribution in [3.63, 3.8) is 0 Å². The van der Waals surface area contributed by atoms with Crippen LogP contribution in [0.15, 0.2) is 79.0 Å². The number of carbonyl (C=O) groups is 3. The minimum Gasteiger partial charge on any atom is -0.453 e. The molecule has 15 heteroatoms. The lowest BCUT2D eigenvalue weighted by Crippen LogP contribution is -2.53. The van der Waals surface area contributed by atoms with Gasteiger partial charge in [0.1, 0.15) is 23.9 Å². The van der Waals surface area contributed by atoms with E-state index in [4.69, 9.17) is 31.0 Å². The highest BCUT2D eigenvalue weighted by molar-refractivity contribution is 6.31. The van der Waals surface area contributed by atoms with Crippen LogP contribution in [0.1, 0.15) is 84.0 Å². The summed E-state index contributed by atoms with van der Waals surface area (Å²) in [6, 6.07) is 18.9. The number of fused-ring (bicyclic) bond motifs is 1. The number of H-pyrrole nitrogens is 2. The van der Waals surface area contributed by atoms with Crippen LogP contribution in [-0.4, -0.2) is 97.6 Å². The Bertz CT molecular complexity index is 2410. The van der Waals surface area contributed by atoms with Crippen LogP contribution in [0, 0.1) is 5.92 Å². The Kier molecular flexibility index (Phi) is 12.9. The predicted molar refractivity (Wildman–Crippen MR) is 235 cm³/mol. The third kappa shape index (κ3) is 8.88. The molecule has 0 aliphatic carbocycles. The van der Waals surface area contributed by atoms with Crippen LogP contribution in [0.4, 0.5) is 9.59 Å². The van der Waals surface area contributed by atoms with Crippen LogP contribution < -0.4 is 10.6 Å². The third-order valence-corrected chi connectivity index (χ3v) is 12.5. The first-order valence-electron chi connectivity index (χ1n) is 20.8. The van der Waals surface area contributed by atoms with E-state index in [1.807, 2.05) is 55.8 Å². The fourth-order valence-corrected chi connectivity index (χ4v) is 9.06. The van der Waals surface area contributed by atoms with Crippen LogP contribution in [0.2, 0.25) is 5.15 Å². The maximum Gasteiger partial charge on any atom is 0.407 e. The fourth-order valence-electron chi connectivity index (χ4n) is 8.81. The monoisotopic (exact) mass is 850 g/mol. The van der Waals surface area contributed by atoms with Crippen molar-refractivity contribution in [3.05, 3.63) is 95.8 Å². The van der Waals surface area contributed by atoms with Gasteiger partial charge >= 0.3 is 12.2 Å². The first-order chi connectivity index (χ1) is 29.2. The fraction of sp³-hybridized carbons (Fsp3) is 0.413. The summed E-state index contributed by atoms with van der Waals surface area (Å²) in [5, 5.41) is 19.4. The number of hydrogen-bond donors (Lipinski definition) is 5. The van der Waals surface area contributed by atoms with Crippen molar-refractivity contribution < 1.29 is 29.0 Å². The summed E-state index contributed by atoms with van der Waals surface area (Å²) >= 11 is 6.75. The molecule has 5 aromatic rings. The zero-order valence-corrected chi connectivity index (χ0v) is 36.4. The molecule has 2 fully saturated rings. The van der Waals surface area contributed by atoms with Gasteiger partial charge in [-0.15, -0.1) is 0 Å². The van der Waals surface area contributed by atoms with Crippen LogP contribution >= 0.6 is 11.6 Å². The van der Waals surface area contributed by atoms with Gasteiger partial charge in [-0.25, -0.2) is 19.6 Å². The number of alkyl carbamates (subject to hydrolysis) is 2. The number of aromatic nitrogens is 4. The summed E-state index contributed by atoms with van der Waals surface area (Å²) in [4.78, 5) is 58.1. The van der Waals surface area contributed by atoms with E-state index >= 15 is 0 Å². The van der Waals surface area contributed by atoms with Gasteiger partial charge in [0, 0.05) is 23.2 Å². The molecule has 2 aromatic heterocycles. The molecule has 0 bridgehead atoms. The lowest BCUT2D eigenvalue weighted by atomic mass is 9.98. The van der Waals surface area contributed by atoms with Crippen molar-refractivity contribution in [2.24, 2.45) is 5.92 Å². The average molecular weight is 851 g/mol. The molecule has 2 aliphatic rings. The smallest absolute Gasteiger partial charge is 0.407 e. The molecule has 322 valence electrons. The van der Waals surface area contributed by atoms with Crippen molar-refractivity contribution in [2.75, 3.05) is 14.2 Å². The summed E-state index contributed by atoms with van der Waals surface area (Å²) in [6.45, 7) is 13.6. The topological polar surface area (TPSA) is 178 Å². The number of nitrogens with one attached hydrogen (secondary N) is 4. The molecule has 7 atom stereocenters. The molecular weight excluding hydrogens is 796 g/mol. The van der Waals surface area contributed by atoms with E-state index in [0.29, 0.717) is 22.2 Å². The molecule has 0 saturated carbocycles. The largest absolute Gasteiger partial charge is 0.453 e. The van der Waals surface area contributed by atoms with Gasteiger partial charge in [0.2, 0.25) is 5.91 Å². The predicted octanol–water partition coefficient (Wildman–Crippen LogP) is 8.52. The SMILES string of the molecule is C=C(C)[C@H](NC(=O)OC)C(O)N1[C@@H](C)CC[C@H]1c1nc(Cl)c(-c2ccc(-c3ccc4cc(-c5cnc([C@@H]6CC[C@H](C)N6C(=O)[C@@H](NC(=O)OC)C(C)C)[nH]5)ccc4c3)cc2)[nH]1. The number of carbonyl (C=O) groups excluding carboxylic acids is 3. The Morgan fingerprint density at radius 1 is 0.803 bits per heavy atom.